The molecular formula is C12H27NO. The molecule has 0 aliphatic carbocycles. The van der Waals surface area contributed by atoms with E-state index in [4.69, 9.17) is 4.74 Å². The summed E-state index contributed by atoms with van der Waals surface area (Å²) in [4.78, 5) is 0. The molecule has 0 saturated carbocycles. The van der Waals surface area contributed by atoms with Crippen molar-refractivity contribution < 1.29 is 4.74 Å². The molecule has 1 atom stereocenters. The number of hydrogen-bond acceptors (Lipinski definition) is 2. The van der Waals surface area contributed by atoms with E-state index in [1.54, 1.807) is 0 Å². The van der Waals surface area contributed by atoms with Crippen molar-refractivity contribution >= 4 is 0 Å². The molecule has 0 amide bonds. The normalized spacial score (nSPS) is 13.5. The Hall–Kier alpha value is -0.0800. The summed E-state index contributed by atoms with van der Waals surface area (Å²) < 4.78 is 5.71. The minimum atomic E-state index is 0.425. The molecule has 0 saturated heterocycles. The Labute approximate surface area is 89.4 Å². The first-order valence-electron chi connectivity index (χ1n) is 5.99. The molecule has 0 heterocycles. The van der Waals surface area contributed by atoms with Gasteiger partial charge in [0.1, 0.15) is 0 Å². The predicted octanol–water partition coefficient (Wildman–Crippen LogP) is 2.83. The Balaban J connectivity index is 3.10. The molecule has 2 heteroatoms. The van der Waals surface area contributed by atoms with Crippen LogP contribution in [-0.2, 0) is 4.74 Å². The maximum Gasteiger partial charge on any atom is 0.0549 e. The second kappa shape index (κ2) is 9.47. The molecule has 0 aromatic rings. The highest BCUT2D eigenvalue weighted by atomic mass is 16.5. The van der Waals surface area contributed by atoms with Crippen molar-refractivity contribution in [2.24, 2.45) is 5.92 Å². The van der Waals surface area contributed by atoms with Crippen molar-refractivity contribution in [1.82, 2.24) is 5.32 Å². The van der Waals surface area contributed by atoms with Crippen molar-refractivity contribution in [3.63, 3.8) is 0 Å². The van der Waals surface area contributed by atoms with E-state index in [-0.39, 0.29) is 0 Å². The molecular weight excluding hydrogens is 174 g/mol. The van der Waals surface area contributed by atoms with E-state index in [2.05, 4.69) is 33.0 Å². The fourth-order valence-electron chi connectivity index (χ4n) is 1.55. The summed E-state index contributed by atoms with van der Waals surface area (Å²) in [6.45, 7) is 11.9. The average molecular weight is 201 g/mol. The Morgan fingerprint density at radius 3 is 2.43 bits per heavy atom. The van der Waals surface area contributed by atoms with Crippen molar-refractivity contribution in [2.75, 3.05) is 19.7 Å². The van der Waals surface area contributed by atoms with Crippen LogP contribution < -0.4 is 5.32 Å². The molecule has 0 bridgehead atoms. The third-order valence-corrected chi connectivity index (χ3v) is 2.20. The van der Waals surface area contributed by atoms with E-state index in [1.807, 2.05) is 0 Å². The Bertz CT molecular complexity index is 115. The van der Waals surface area contributed by atoms with Crippen LogP contribution in [0.3, 0.4) is 0 Å². The zero-order valence-electron chi connectivity index (χ0n) is 10.3. The largest absolute Gasteiger partial charge is 0.378 e. The smallest absolute Gasteiger partial charge is 0.0549 e. The van der Waals surface area contributed by atoms with Gasteiger partial charge in [0, 0.05) is 6.61 Å². The lowest BCUT2D eigenvalue weighted by Crippen LogP contribution is -2.16. The van der Waals surface area contributed by atoms with E-state index in [0.717, 1.165) is 25.6 Å². The van der Waals surface area contributed by atoms with Gasteiger partial charge in [0.05, 0.1) is 6.10 Å². The van der Waals surface area contributed by atoms with Crippen LogP contribution >= 0.6 is 0 Å². The minimum absolute atomic E-state index is 0.425. The first kappa shape index (κ1) is 13.9. The van der Waals surface area contributed by atoms with Crippen molar-refractivity contribution in [3.05, 3.63) is 0 Å². The van der Waals surface area contributed by atoms with Gasteiger partial charge in [-0.3, -0.25) is 0 Å². The third-order valence-electron chi connectivity index (χ3n) is 2.20. The molecule has 0 aliphatic rings. The maximum absolute atomic E-state index is 5.71. The second-order valence-electron chi connectivity index (χ2n) is 4.37. The first-order chi connectivity index (χ1) is 6.66. The molecule has 14 heavy (non-hydrogen) atoms. The van der Waals surface area contributed by atoms with Gasteiger partial charge >= 0.3 is 0 Å². The maximum atomic E-state index is 5.71. The van der Waals surface area contributed by atoms with Crippen LogP contribution in [-0.4, -0.2) is 25.8 Å². The van der Waals surface area contributed by atoms with Crippen LogP contribution in [0.25, 0.3) is 0 Å². The summed E-state index contributed by atoms with van der Waals surface area (Å²) >= 11 is 0. The van der Waals surface area contributed by atoms with Crippen LogP contribution in [0.2, 0.25) is 0 Å². The van der Waals surface area contributed by atoms with E-state index >= 15 is 0 Å². The Morgan fingerprint density at radius 2 is 1.86 bits per heavy atom. The summed E-state index contributed by atoms with van der Waals surface area (Å²) in [5.74, 6) is 0.742. The summed E-state index contributed by atoms with van der Waals surface area (Å²) in [7, 11) is 0. The van der Waals surface area contributed by atoms with Gasteiger partial charge in [0.2, 0.25) is 0 Å². The van der Waals surface area contributed by atoms with Crippen LogP contribution in [0.5, 0.6) is 0 Å². The highest BCUT2D eigenvalue weighted by Crippen LogP contribution is 2.07. The lowest BCUT2D eigenvalue weighted by Gasteiger charge is -2.14. The monoisotopic (exact) mass is 201 g/mol. The minimum Gasteiger partial charge on any atom is -0.378 e. The molecule has 0 spiro atoms. The molecule has 2 nitrogen and oxygen atoms in total. The number of hydrogen-bond donors (Lipinski definition) is 1. The second-order valence-corrected chi connectivity index (χ2v) is 4.37. The van der Waals surface area contributed by atoms with Gasteiger partial charge in [0.15, 0.2) is 0 Å². The zero-order chi connectivity index (χ0) is 10.8. The molecule has 0 aliphatic heterocycles. The van der Waals surface area contributed by atoms with Gasteiger partial charge in [-0.2, -0.15) is 0 Å². The summed E-state index contributed by atoms with van der Waals surface area (Å²) in [5.41, 5.74) is 0. The standard InChI is InChI=1S/C12H27NO/c1-5-13-8-6-7-9-14-12(4)10-11(2)3/h11-13H,5-10H2,1-4H3. The SMILES string of the molecule is CCNCCCCOC(C)CC(C)C. The van der Waals surface area contributed by atoms with E-state index < -0.39 is 0 Å². The van der Waals surface area contributed by atoms with Crippen molar-refractivity contribution in [2.45, 2.75) is 53.1 Å². The molecule has 1 unspecified atom stereocenters. The van der Waals surface area contributed by atoms with Gasteiger partial charge in [-0.1, -0.05) is 20.8 Å². The van der Waals surface area contributed by atoms with Crippen LogP contribution in [0.15, 0.2) is 0 Å². The van der Waals surface area contributed by atoms with E-state index in [9.17, 15) is 0 Å². The fourth-order valence-corrected chi connectivity index (χ4v) is 1.55. The first-order valence-corrected chi connectivity index (χ1v) is 5.99. The molecule has 86 valence electrons. The number of unbranched alkanes of at least 4 members (excludes halogenated alkanes) is 1. The van der Waals surface area contributed by atoms with Crippen LogP contribution in [0.1, 0.15) is 47.0 Å². The molecule has 0 rings (SSSR count). The fraction of sp³-hybridized carbons (Fsp3) is 1.00. The van der Waals surface area contributed by atoms with Gasteiger partial charge in [-0.25, -0.2) is 0 Å². The Morgan fingerprint density at radius 1 is 1.14 bits per heavy atom. The van der Waals surface area contributed by atoms with E-state index in [1.165, 1.54) is 19.3 Å². The molecule has 1 N–H and O–H groups in total. The van der Waals surface area contributed by atoms with Gasteiger partial charge < -0.3 is 10.1 Å². The van der Waals surface area contributed by atoms with Crippen molar-refractivity contribution in [1.29, 1.82) is 0 Å². The zero-order valence-corrected chi connectivity index (χ0v) is 10.3. The highest BCUT2D eigenvalue weighted by molar-refractivity contribution is 4.54. The summed E-state index contributed by atoms with van der Waals surface area (Å²) in [6, 6.07) is 0. The molecule has 0 radical (unpaired) electrons. The van der Waals surface area contributed by atoms with Crippen LogP contribution in [0.4, 0.5) is 0 Å². The van der Waals surface area contributed by atoms with Crippen molar-refractivity contribution in [3.8, 4) is 0 Å². The highest BCUT2D eigenvalue weighted by Gasteiger charge is 2.04. The lowest BCUT2D eigenvalue weighted by atomic mass is 10.1. The molecule has 0 aromatic carbocycles. The third kappa shape index (κ3) is 10.0. The quantitative estimate of drug-likeness (QED) is 0.579. The Kier molecular flexibility index (Phi) is 9.42. The average Bonchev–Trinajstić information content (AvgIpc) is 2.10. The molecule has 0 fully saturated rings. The molecule has 0 aromatic heterocycles. The summed E-state index contributed by atoms with van der Waals surface area (Å²) in [5, 5.41) is 3.31. The number of nitrogens with one attached hydrogen (secondary N) is 1. The van der Waals surface area contributed by atoms with Crippen LogP contribution in [0, 0.1) is 5.92 Å². The summed E-state index contributed by atoms with van der Waals surface area (Å²) in [6.07, 6.45) is 4.00. The van der Waals surface area contributed by atoms with Gasteiger partial charge in [0.25, 0.3) is 0 Å². The van der Waals surface area contributed by atoms with Gasteiger partial charge in [-0.05, 0) is 45.2 Å². The van der Waals surface area contributed by atoms with Gasteiger partial charge in [-0.15, -0.1) is 0 Å². The number of ether oxygens (including phenoxy) is 1. The predicted molar refractivity (Wildman–Crippen MR) is 62.6 cm³/mol. The topological polar surface area (TPSA) is 21.3 Å². The number of rotatable bonds is 9. The lowest BCUT2D eigenvalue weighted by molar-refractivity contribution is 0.0497. The van der Waals surface area contributed by atoms with E-state index in [0.29, 0.717) is 6.10 Å².